The Balaban J connectivity index is 1.56. The molecule has 0 unspecified atom stereocenters. The second-order valence-corrected chi connectivity index (χ2v) is 9.68. The number of sulfonamides is 1. The molecule has 0 aliphatic carbocycles. The third kappa shape index (κ3) is 3.75. The molecule has 0 saturated carbocycles. The molecule has 30 heavy (non-hydrogen) atoms. The zero-order valence-electron chi connectivity index (χ0n) is 17.1. The Morgan fingerprint density at radius 3 is 2.53 bits per heavy atom. The van der Waals surface area contributed by atoms with Crippen LogP contribution < -0.4 is 10.2 Å². The van der Waals surface area contributed by atoms with Gasteiger partial charge in [-0.15, -0.1) is 0 Å². The van der Waals surface area contributed by atoms with Crippen molar-refractivity contribution in [1.82, 2.24) is 9.62 Å². The van der Waals surface area contributed by atoms with Gasteiger partial charge in [0, 0.05) is 32.1 Å². The number of benzene rings is 1. The van der Waals surface area contributed by atoms with E-state index in [4.69, 9.17) is 4.42 Å². The molecule has 2 aromatic rings. The van der Waals surface area contributed by atoms with E-state index in [-0.39, 0.29) is 29.7 Å². The molecule has 0 radical (unpaired) electrons. The van der Waals surface area contributed by atoms with E-state index >= 15 is 0 Å². The summed E-state index contributed by atoms with van der Waals surface area (Å²) in [5, 5.41) is 2.81. The Hall–Kier alpha value is -2.65. The van der Waals surface area contributed by atoms with Gasteiger partial charge in [0.15, 0.2) is 0 Å². The summed E-state index contributed by atoms with van der Waals surface area (Å²) in [6, 6.07) is 7.63. The Bertz CT molecular complexity index is 1090. The predicted molar refractivity (Wildman–Crippen MR) is 110 cm³/mol. The second-order valence-electron chi connectivity index (χ2n) is 7.74. The lowest BCUT2D eigenvalue weighted by molar-refractivity contribution is -0.125. The number of carbonyl (C=O) groups is 2. The lowest BCUT2D eigenvalue weighted by atomic mass is 10.1. The van der Waals surface area contributed by atoms with Crippen LogP contribution in [0.4, 0.5) is 5.69 Å². The standard InChI is InChI=1S/C21H25N3O5S/c1-14-5-6-17(29-14)13-22-21(26)20-12-16-11-18(7-8-19(16)24(20)15(2)25)30(27,28)23-9-3-4-10-23/h5-8,11,20H,3-4,9-10,12-13H2,1-2H3,(H,22,26)/t20-/m0/s1. The van der Waals surface area contributed by atoms with E-state index in [9.17, 15) is 18.0 Å². The van der Waals surface area contributed by atoms with Crippen molar-refractivity contribution in [2.75, 3.05) is 18.0 Å². The molecule has 1 aromatic carbocycles. The summed E-state index contributed by atoms with van der Waals surface area (Å²) in [5.74, 6) is 0.812. The van der Waals surface area contributed by atoms with E-state index < -0.39 is 16.1 Å². The van der Waals surface area contributed by atoms with Crippen LogP contribution >= 0.6 is 0 Å². The fraction of sp³-hybridized carbons (Fsp3) is 0.429. The Morgan fingerprint density at radius 2 is 1.90 bits per heavy atom. The van der Waals surface area contributed by atoms with E-state index in [1.807, 2.05) is 13.0 Å². The van der Waals surface area contributed by atoms with Crippen molar-refractivity contribution in [1.29, 1.82) is 0 Å². The van der Waals surface area contributed by atoms with Crippen molar-refractivity contribution >= 4 is 27.5 Å². The smallest absolute Gasteiger partial charge is 0.243 e. The van der Waals surface area contributed by atoms with Crippen LogP contribution in [0.1, 0.15) is 36.8 Å². The molecule has 9 heteroatoms. The van der Waals surface area contributed by atoms with Gasteiger partial charge in [-0.2, -0.15) is 4.31 Å². The lowest BCUT2D eigenvalue weighted by Crippen LogP contribution is -2.47. The van der Waals surface area contributed by atoms with E-state index in [1.54, 1.807) is 18.2 Å². The lowest BCUT2D eigenvalue weighted by Gasteiger charge is -2.23. The molecule has 0 bridgehead atoms. The molecular formula is C21H25N3O5S. The monoisotopic (exact) mass is 431 g/mol. The van der Waals surface area contributed by atoms with Crippen molar-refractivity contribution in [3.63, 3.8) is 0 Å². The molecule has 8 nitrogen and oxygen atoms in total. The number of nitrogens with zero attached hydrogens (tertiary/aromatic N) is 2. The summed E-state index contributed by atoms with van der Waals surface area (Å²) in [6.45, 7) is 4.50. The molecule has 1 atom stereocenters. The summed E-state index contributed by atoms with van der Waals surface area (Å²) in [5.41, 5.74) is 1.26. The van der Waals surface area contributed by atoms with Gasteiger partial charge in [0.25, 0.3) is 0 Å². The van der Waals surface area contributed by atoms with Crippen LogP contribution in [-0.2, 0) is 32.6 Å². The molecule has 2 aliphatic rings. The highest BCUT2D eigenvalue weighted by Gasteiger charge is 2.38. The molecule has 2 amide bonds. The number of carbonyl (C=O) groups excluding carboxylic acids is 2. The second kappa shape index (κ2) is 7.88. The largest absolute Gasteiger partial charge is 0.465 e. The summed E-state index contributed by atoms with van der Waals surface area (Å²) in [7, 11) is -3.56. The number of hydrogen-bond donors (Lipinski definition) is 1. The Morgan fingerprint density at radius 1 is 1.17 bits per heavy atom. The first-order chi connectivity index (χ1) is 14.3. The highest BCUT2D eigenvalue weighted by atomic mass is 32.2. The summed E-state index contributed by atoms with van der Waals surface area (Å²) in [6.07, 6.45) is 1.99. The zero-order chi connectivity index (χ0) is 21.5. The van der Waals surface area contributed by atoms with Gasteiger partial charge >= 0.3 is 0 Å². The first-order valence-corrected chi connectivity index (χ1v) is 11.5. The number of fused-ring (bicyclic) bond motifs is 1. The van der Waals surface area contributed by atoms with Gasteiger partial charge in [-0.25, -0.2) is 8.42 Å². The zero-order valence-corrected chi connectivity index (χ0v) is 17.9. The molecule has 4 rings (SSSR count). The number of furan rings is 1. The normalized spacial score (nSPS) is 19.1. The molecule has 1 saturated heterocycles. The maximum atomic E-state index is 12.9. The van der Waals surface area contributed by atoms with Crippen molar-refractivity contribution in [2.45, 2.75) is 50.6 Å². The van der Waals surface area contributed by atoms with Gasteiger partial charge in [0.05, 0.1) is 11.4 Å². The minimum Gasteiger partial charge on any atom is -0.465 e. The van der Waals surface area contributed by atoms with Crippen molar-refractivity contribution < 1.29 is 22.4 Å². The first kappa shape index (κ1) is 20.6. The van der Waals surface area contributed by atoms with Crippen LogP contribution in [0, 0.1) is 6.92 Å². The minimum absolute atomic E-state index is 0.207. The number of nitrogens with one attached hydrogen (secondary N) is 1. The van der Waals surface area contributed by atoms with Gasteiger partial charge in [-0.1, -0.05) is 0 Å². The fourth-order valence-electron chi connectivity index (χ4n) is 4.14. The van der Waals surface area contributed by atoms with Crippen LogP contribution in [0.2, 0.25) is 0 Å². The minimum atomic E-state index is -3.56. The maximum Gasteiger partial charge on any atom is 0.243 e. The third-order valence-electron chi connectivity index (χ3n) is 5.61. The van der Waals surface area contributed by atoms with Crippen molar-refractivity contribution in [3.8, 4) is 0 Å². The molecular weight excluding hydrogens is 406 g/mol. The Kier molecular flexibility index (Phi) is 5.42. The molecule has 0 spiro atoms. The molecule has 160 valence electrons. The number of amides is 2. The van der Waals surface area contributed by atoms with Gasteiger partial charge < -0.3 is 9.73 Å². The van der Waals surface area contributed by atoms with E-state index in [0.29, 0.717) is 30.1 Å². The topological polar surface area (TPSA) is 99.9 Å². The van der Waals surface area contributed by atoms with Gasteiger partial charge in [0.2, 0.25) is 21.8 Å². The summed E-state index contributed by atoms with van der Waals surface area (Å²) in [4.78, 5) is 26.8. The fourth-order valence-corrected chi connectivity index (χ4v) is 5.71. The van der Waals surface area contributed by atoms with Crippen LogP contribution in [0.15, 0.2) is 39.6 Å². The van der Waals surface area contributed by atoms with Crippen LogP contribution in [0.3, 0.4) is 0 Å². The number of rotatable bonds is 5. The predicted octanol–water partition coefficient (Wildman–Crippen LogP) is 1.97. The van der Waals surface area contributed by atoms with E-state index in [0.717, 1.165) is 18.6 Å². The summed E-state index contributed by atoms with van der Waals surface area (Å²) < 4.78 is 32.7. The average molecular weight is 432 g/mol. The SMILES string of the molecule is CC(=O)N1c2ccc(S(=O)(=O)N3CCCC3)cc2C[C@H]1C(=O)NCc1ccc(C)o1. The highest BCUT2D eigenvalue weighted by molar-refractivity contribution is 7.89. The Labute approximate surface area is 175 Å². The maximum absolute atomic E-state index is 12.9. The van der Waals surface area contributed by atoms with Crippen LogP contribution in [0.5, 0.6) is 0 Å². The number of aryl methyl sites for hydroxylation is 1. The van der Waals surface area contributed by atoms with Crippen LogP contribution in [-0.4, -0.2) is 43.7 Å². The molecule has 2 aliphatic heterocycles. The highest BCUT2D eigenvalue weighted by Crippen LogP contribution is 2.35. The van der Waals surface area contributed by atoms with Gasteiger partial charge in [0.1, 0.15) is 17.6 Å². The molecule has 3 heterocycles. The number of anilines is 1. The summed E-state index contributed by atoms with van der Waals surface area (Å²) >= 11 is 0. The van der Waals surface area contributed by atoms with Crippen molar-refractivity contribution in [3.05, 3.63) is 47.4 Å². The molecule has 1 fully saturated rings. The van der Waals surface area contributed by atoms with Gasteiger partial charge in [-0.05, 0) is 55.7 Å². The third-order valence-corrected chi connectivity index (χ3v) is 7.51. The van der Waals surface area contributed by atoms with E-state index in [1.165, 1.54) is 22.2 Å². The average Bonchev–Trinajstić information content (AvgIpc) is 3.44. The van der Waals surface area contributed by atoms with E-state index in [2.05, 4.69) is 5.32 Å². The quantitative estimate of drug-likeness (QED) is 0.780. The number of hydrogen-bond acceptors (Lipinski definition) is 5. The van der Waals surface area contributed by atoms with Gasteiger partial charge in [-0.3, -0.25) is 14.5 Å². The first-order valence-electron chi connectivity index (χ1n) is 10.0. The van der Waals surface area contributed by atoms with Crippen LogP contribution in [0.25, 0.3) is 0 Å². The molecule has 1 aromatic heterocycles. The van der Waals surface area contributed by atoms with Crippen molar-refractivity contribution in [2.24, 2.45) is 0 Å². The molecule has 1 N–H and O–H groups in total.